The zero-order valence-corrected chi connectivity index (χ0v) is 11.7. The van der Waals surface area contributed by atoms with Crippen LogP contribution in [0.2, 0.25) is 0 Å². The van der Waals surface area contributed by atoms with Gasteiger partial charge in [-0.2, -0.15) is 5.26 Å². The van der Waals surface area contributed by atoms with Gasteiger partial charge in [0.1, 0.15) is 5.82 Å². The van der Waals surface area contributed by atoms with Crippen molar-refractivity contribution >= 4 is 33.2 Å². The van der Waals surface area contributed by atoms with Crippen molar-refractivity contribution in [3.8, 4) is 6.07 Å². The molecular formula is C14H9BrFN3O. The van der Waals surface area contributed by atoms with E-state index in [-0.39, 0.29) is 11.3 Å². The molecular weight excluding hydrogens is 325 g/mol. The third-order valence-electron chi connectivity index (χ3n) is 2.60. The highest BCUT2D eigenvalue weighted by Gasteiger charge is 2.13. The molecule has 0 aliphatic heterocycles. The van der Waals surface area contributed by atoms with Crippen molar-refractivity contribution in [3.05, 3.63) is 57.8 Å². The minimum atomic E-state index is -0.591. The molecule has 20 heavy (non-hydrogen) atoms. The van der Waals surface area contributed by atoms with Crippen LogP contribution in [-0.4, -0.2) is 5.91 Å². The van der Waals surface area contributed by atoms with Gasteiger partial charge in [-0.25, -0.2) is 4.39 Å². The van der Waals surface area contributed by atoms with E-state index >= 15 is 0 Å². The summed E-state index contributed by atoms with van der Waals surface area (Å²) in [6.45, 7) is 0. The summed E-state index contributed by atoms with van der Waals surface area (Å²) >= 11 is 3.12. The Kier molecular flexibility index (Phi) is 4.01. The van der Waals surface area contributed by atoms with Gasteiger partial charge in [-0.3, -0.25) is 4.79 Å². The van der Waals surface area contributed by atoms with Crippen LogP contribution in [-0.2, 0) is 0 Å². The van der Waals surface area contributed by atoms with E-state index in [9.17, 15) is 9.18 Å². The van der Waals surface area contributed by atoms with Gasteiger partial charge in [-0.1, -0.05) is 0 Å². The molecule has 0 saturated heterocycles. The van der Waals surface area contributed by atoms with Crippen LogP contribution in [0.25, 0.3) is 0 Å². The lowest BCUT2D eigenvalue weighted by Gasteiger charge is -2.08. The predicted molar refractivity (Wildman–Crippen MR) is 77.6 cm³/mol. The number of hydrogen-bond acceptors (Lipinski definition) is 3. The highest BCUT2D eigenvalue weighted by molar-refractivity contribution is 9.10. The molecule has 100 valence electrons. The molecule has 0 bridgehead atoms. The van der Waals surface area contributed by atoms with E-state index in [1.807, 2.05) is 6.07 Å². The van der Waals surface area contributed by atoms with E-state index < -0.39 is 11.7 Å². The summed E-state index contributed by atoms with van der Waals surface area (Å²) in [6.07, 6.45) is 0. The van der Waals surface area contributed by atoms with Crippen LogP contribution in [0.15, 0.2) is 40.9 Å². The van der Waals surface area contributed by atoms with Gasteiger partial charge in [0.15, 0.2) is 0 Å². The lowest BCUT2D eigenvalue weighted by atomic mass is 10.1. The van der Waals surface area contributed by atoms with Crippen LogP contribution in [0.1, 0.15) is 15.9 Å². The van der Waals surface area contributed by atoms with E-state index in [0.717, 1.165) is 6.07 Å². The fraction of sp³-hybridized carbons (Fsp3) is 0. The summed E-state index contributed by atoms with van der Waals surface area (Å²) in [4.78, 5) is 12.1. The SMILES string of the molecule is N#Cc1ccc(NC(=O)c2cc(N)c(F)cc2Br)cc1. The van der Waals surface area contributed by atoms with E-state index in [1.54, 1.807) is 24.3 Å². The number of nitrogens with two attached hydrogens (primary N) is 1. The fourth-order valence-electron chi connectivity index (χ4n) is 1.57. The Labute approximate surface area is 123 Å². The molecule has 0 unspecified atom stereocenters. The molecule has 2 rings (SSSR count). The third-order valence-corrected chi connectivity index (χ3v) is 3.26. The molecule has 6 heteroatoms. The van der Waals surface area contributed by atoms with Crippen molar-refractivity contribution in [2.75, 3.05) is 11.1 Å². The zero-order valence-electron chi connectivity index (χ0n) is 10.2. The Morgan fingerprint density at radius 3 is 2.55 bits per heavy atom. The average Bonchev–Trinajstić information content (AvgIpc) is 2.43. The Bertz CT molecular complexity index is 708. The van der Waals surface area contributed by atoms with Crippen LogP contribution in [0.4, 0.5) is 15.8 Å². The van der Waals surface area contributed by atoms with E-state index in [2.05, 4.69) is 21.2 Å². The number of benzene rings is 2. The van der Waals surface area contributed by atoms with Gasteiger partial charge < -0.3 is 11.1 Å². The van der Waals surface area contributed by atoms with Crippen LogP contribution < -0.4 is 11.1 Å². The first-order valence-corrected chi connectivity index (χ1v) is 6.36. The largest absolute Gasteiger partial charge is 0.396 e. The normalized spacial score (nSPS) is 9.85. The molecule has 3 N–H and O–H groups in total. The molecule has 0 atom stereocenters. The summed E-state index contributed by atoms with van der Waals surface area (Å²) in [5, 5.41) is 11.3. The maximum absolute atomic E-state index is 13.2. The summed E-state index contributed by atoms with van der Waals surface area (Å²) in [6, 6.07) is 10.8. The number of nitrogen functional groups attached to an aromatic ring is 1. The zero-order chi connectivity index (χ0) is 14.7. The molecule has 0 spiro atoms. The van der Waals surface area contributed by atoms with Crippen molar-refractivity contribution in [3.63, 3.8) is 0 Å². The number of carbonyl (C=O) groups is 1. The second kappa shape index (κ2) is 5.72. The number of carbonyl (C=O) groups excluding carboxylic acids is 1. The summed E-state index contributed by atoms with van der Waals surface area (Å²) < 4.78 is 13.5. The molecule has 4 nitrogen and oxygen atoms in total. The Morgan fingerprint density at radius 2 is 1.95 bits per heavy atom. The molecule has 2 aromatic rings. The summed E-state index contributed by atoms with van der Waals surface area (Å²) in [7, 11) is 0. The topological polar surface area (TPSA) is 78.9 Å². The van der Waals surface area contributed by atoms with Gasteiger partial charge in [0, 0.05) is 10.2 Å². The van der Waals surface area contributed by atoms with Crippen molar-refractivity contribution in [1.29, 1.82) is 5.26 Å². The fourth-order valence-corrected chi connectivity index (χ4v) is 2.06. The van der Waals surface area contributed by atoms with E-state index in [0.29, 0.717) is 15.7 Å². The Morgan fingerprint density at radius 1 is 1.30 bits per heavy atom. The second-order valence-electron chi connectivity index (χ2n) is 4.00. The molecule has 0 aliphatic rings. The first-order chi connectivity index (χ1) is 9.51. The highest BCUT2D eigenvalue weighted by Crippen LogP contribution is 2.23. The monoisotopic (exact) mass is 333 g/mol. The number of rotatable bonds is 2. The molecule has 0 fully saturated rings. The summed E-state index contributed by atoms with van der Waals surface area (Å²) in [5.74, 6) is -1.01. The first-order valence-electron chi connectivity index (χ1n) is 5.57. The standard InChI is InChI=1S/C14H9BrFN3O/c15-11-6-12(16)13(18)5-10(11)14(20)19-9-3-1-8(7-17)2-4-9/h1-6H,18H2,(H,19,20). The maximum Gasteiger partial charge on any atom is 0.256 e. The number of anilines is 2. The minimum Gasteiger partial charge on any atom is -0.396 e. The van der Waals surface area contributed by atoms with Gasteiger partial charge in [0.05, 0.1) is 22.9 Å². The van der Waals surface area contributed by atoms with Crippen molar-refractivity contribution < 1.29 is 9.18 Å². The number of nitriles is 1. The van der Waals surface area contributed by atoms with E-state index in [4.69, 9.17) is 11.0 Å². The maximum atomic E-state index is 13.2. The van der Waals surface area contributed by atoms with E-state index in [1.165, 1.54) is 6.07 Å². The molecule has 1 amide bonds. The third kappa shape index (κ3) is 2.95. The van der Waals surface area contributed by atoms with Gasteiger partial charge in [-0.15, -0.1) is 0 Å². The number of nitrogens with one attached hydrogen (secondary N) is 1. The molecule has 0 heterocycles. The van der Waals surface area contributed by atoms with Crippen LogP contribution >= 0.6 is 15.9 Å². The summed E-state index contributed by atoms with van der Waals surface area (Å²) in [5.41, 5.74) is 6.60. The number of hydrogen-bond donors (Lipinski definition) is 2. The smallest absolute Gasteiger partial charge is 0.256 e. The van der Waals surface area contributed by atoms with Crippen molar-refractivity contribution in [2.45, 2.75) is 0 Å². The number of halogens is 2. The molecule has 0 aliphatic carbocycles. The van der Waals surface area contributed by atoms with Crippen LogP contribution in [0.5, 0.6) is 0 Å². The van der Waals surface area contributed by atoms with Gasteiger partial charge >= 0.3 is 0 Å². The van der Waals surface area contributed by atoms with Crippen LogP contribution in [0.3, 0.4) is 0 Å². The Hall–Kier alpha value is -2.39. The predicted octanol–water partition coefficient (Wildman–Crippen LogP) is 3.29. The quantitative estimate of drug-likeness (QED) is 0.827. The van der Waals surface area contributed by atoms with Gasteiger partial charge in [0.2, 0.25) is 0 Å². The van der Waals surface area contributed by atoms with Crippen LogP contribution in [0, 0.1) is 17.1 Å². The van der Waals surface area contributed by atoms with Crippen molar-refractivity contribution in [1.82, 2.24) is 0 Å². The number of nitrogens with zero attached hydrogens (tertiary/aromatic N) is 1. The lowest BCUT2D eigenvalue weighted by molar-refractivity contribution is 0.102. The Balaban J connectivity index is 2.24. The number of amides is 1. The molecule has 0 aromatic heterocycles. The van der Waals surface area contributed by atoms with Gasteiger partial charge in [0.25, 0.3) is 5.91 Å². The lowest BCUT2D eigenvalue weighted by Crippen LogP contribution is -2.13. The first kappa shape index (κ1) is 14.0. The average molecular weight is 334 g/mol. The molecule has 0 saturated carbocycles. The van der Waals surface area contributed by atoms with Crippen molar-refractivity contribution in [2.24, 2.45) is 0 Å². The van der Waals surface area contributed by atoms with Gasteiger partial charge in [-0.05, 0) is 52.3 Å². The minimum absolute atomic E-state index is 0.0989. The molecule has 0 radical (unpaired) electrons. The highest BCUT2D eigenvalue weighted by atomic mass is 79.9. The second-order valence-corrected chi connectivity index (χ2v) is 4.85. The molecule has 2 aromatic carbocycles.